The van der Waals surface area contributed by atoms with Crippen LogP contribution in [-0.4, -0.2) is 19.9 Å². The molecule has 0 spiro atoms. The van der Waals surface area contributed by atoms with E-state index < -0.39 is 0 Å². The zero-order valence-corrected chi connectivity index (χ0v) is 8.43. The van der Waals surface area contributed by atoms with Gasteiger partial charge in [-0.1, -0.05) is 25.9 Å². The molecule has 2 heterocycles. The normalized spacial score (nSPS) is 11.9. The summed E-state index contributed by atoms with van der Waals surface area (Å²) in [5.74, 6) is 0. The molecule has 0 bridgehead atoms. The summed E-state index contributed by atoms with van der Waals surface area (Å²) < 4.78 is 6.61. The van der Waals surface area contributed by atoms with Crippen molar-refractivity contribution in [2.24, 2.45) is 0 Å². The average molecular weight is 192 g/mol. The predicted molar refractivity (Wildman–Crippen MR) is 50.1 cm³/mol. The maximum atomic E-state index is 4.96. The quantitative estimate of drug-likeness (QED) is 0.687. The largest absolute Gasteiger partial charge is 0.362 e. The lowest BCUT2D eigenvalue weighted by molar-refractivity contribution is 0.393. The Morgan fingerprint density at radius 1 is 1.36 bits per heavy atom. The van der Waals surface area contributed by atoms with E-state index >= 15 is 0 Å². The molecule has 2 aromatic heterocycles. The fraction of sp³-hybridized carbons (Fsp3) is 0.444. The minimum atomic E-state index is -0.0612. The molecule has 0 aliphatic heterocycles. The molecule has 0 amide bonds. The molecule has 2 rings (SSSR count). The van der Waals surface area contributed by atoms with Gasteiger partial charge in [0.25, 0.3) is 0 Å². The molecular formula is C9H12N4O. The monoisotopic (exact) mass is 192 g/mol. The lowest BCUT2D eigenvalue weighted by Crippen LogP contribution is -2.15. The molecule has 5 heteroatoms. The van der Waals surface area contributed by atoms with Gasteiger partial charge in [-0.3, -0.25) is 0 Å². The molecule has 0 atom stereocenters. The van der Waals surface area contributed by atoms with Gasteiger partial charge in [0.15, 0.2) is 0 Å². The average Bonchev–Trinajstić information content (AvgIpc) is 2.73. The van der Waals surface area contributed by atoms with Crippen molar-refractivity contribution in [2.45, 2.75) is 26.2 Å². The summed E-state index contributed by atoms with van der Waals surface area (Å²) in [6, 6.07) is 0. The molecule has 2 aromatic rings. The van der Waals surface area contributed by atoms with Crippen LogP contribution in [0.4, 0.5) is 0 Å². The van der Waals surface area contributed by atoms with Crippen LogP contribution in [0.2, 0.25) is 0 Å². The zero-order chi connectivity index (χ0) is 10.2. The molecule has 0 N–H and O–H groups in total. The standard InChI is InChI=1S/C9H12N4O/c1-9(2,3)8-7(4-14-12-8)13-6-10-5-11-13/h4-6H,1-3H3. The van der Waals surface area contributed by atoms with Crippen molar-refractivity contribution in [1.82, 2.24) is 19.9 Å². The van der Waals surface area contributed by atoms with Crippen molar-refractivity contribution < 1.29 is 4.52 Å². The van der Waals surface area contributed by atoms with Gasteiger partial charge in [0.2, 0.25) is 0 Å². The third-order valence-corrected chi connectivity index (χ3v) is 1.93. The van der Waals surface area contributed by atoms with E-state index in [1.54, 1.807) is 17.3 Å². The highest BCUT2D eigenvalue weighted by molar-refractivity contribution is 5.35. The zero-order valence-electron chi connectivity index (χ0n) is 8.43. The van der Waals surface area contributed by atoms with Crippen molar-refractivity contribution in [3.8, 4) is 5.69 Å². The van der Waals surface area contributed by atoms with E-state index in [1.807, 2.05) is 0 Å². The van der Waals surface area contributed by atoms with Crippen LogP contribution < -0.4 is 0 Å². The molecule has 74 valence electrons. The second-order valence-electron chi connectivity index (χ2n) is 4.14. The van der Waals surface area contributed by atoms with E-state index in [1.165, 1.54) is 6.33 Å². The second kappa shape index (κ2) is 2.94. The van der Waals surface area contributed by atoms with Crippen molar-refractivity contribution in [1.29, 1.82) is 0 Å². The van der Waals surface area contributed by atoms with Gasteiger partial charge in [-0.05, 0) is 0 Å². The summed E-state index contributed by atoms with van der Waals surface area (Å²) in [5.41, 5.74) is 1.66. The molecule has 0 aliphatic carbocycles. The Labute approximate surface area is 81.7 Å². The van der Waals surface area contributed by atoms with Crippen molar-refractivity contribution >= 4 is 0 Å². The minimum Gasteiger partial charge on any atom is -0.362 e. The van der Waals surface area contributed by atoms with Gasteiger partial charge in [0.1, 0.15) is 30.3 Å². The van der Waals surface area contributed by atoms with Gasteiger partial charge in [0.05, 0.1) is 0 Å². The third kappa shape index (κ3) is 1.41. The first kappa shape index (κ1) is 8.93. The summed E-state index contributed by atoms with van der Waals surface area (Å²) in [6.45, 7) is 6.22. The van der Waals surface area contributed by atoms with E-state index in [0.717, 1.165) is 11.4 Å². The van der Waals surface area contributed by atoms with E-state index in [2.05, 4.69) is 36.0 Å². The predicted octanol–water partition coefficient (Wildman–Crippen LogP) is 1.55. The van der Waals surface area contributed by atoms with Crippen LogP contribution in [-0.2, 0) is 5.41 Å². The summed E-state index contributed by atoms with van der Waals surface area (Å²) >= 11 is 0. The van der Waals surface area contributed by atoms with Crippen LogP contribution in [0.25, 0.3) is 5.69 Å². The van der Waals surface area contributed by atoms with Crippen LogP contribution in [0.3, 0.4) is 0 Å². The molecule has 0 aliphatic rings. The van der Waals surface area contributed by atoms with Crippen molar-refractivity contribution in [3.05, 3.63) is 24.6 Å². The van der Waals surface area contributed by atoms with Crippen LogP contribution in [0.5, 0.6) is 0 Å². The Morgan fingerprint density at radius 2 is 2.14 bits per heavy atom. The number of hydrogen-bond donors (Lipinski definition) is 0. The topological polar surface area (TPSA) is 56.7 Å². The highest BCUT2D eigenvalue weighted by Gasteiger charge is 2.23. The van der Waals surface area contributed by atoms with Crippen molar-refractivity contribution in [3.63, 3.8) is 0 Å². The minimum absolute atomic E-state index is 0.0612. The SMILES string of the molecule is CC(C)(C)c1nocc1-n1cncn1. The second-order valence-corrected chi connectivity index (χ2v) is 4.14. The summed E-state index contributed by atoms with van der Waals surface area (Å²) in [4.78, 5) is 3.88. The number of rotatable bonds is 1. The molecule has 0 saturated carbocycles. The van der Waals surface area contributed by atoms with Crippen LogP contribution in [0.1, 0.15) is 26.5 Å². The van der Waals surface area contributed by atoms with Crippen molar-refractivity contribution in [2.75, 3.05) is 0 Å². The molecule has 0 fully saturated rings. The smallest absolute Gasteiger partial charge is 0.149 e. The third-order valence-electron chi connectivity index (χ3n) is 1.93. The van der Waals surface area contributed by atoms with E-state index in [-0.39, 0.29) is 5.41 Å². The van der Waals surface area contributed by atoms with Crippen LogP contribution in [0, 0.1) is 0 Å². The van der Waals surface area contributed by atoms with E-state index in [4.69, 9.17) is 4.52 Å². The summed E-state index contributed by atoms with van der Waals surface area (Å²) in [5, 5.41) is 8.02. The first-order chi connectivity index (χ1) is 6.59. The summed E-state index contributed by atoms with van der Waals surface area (Å²) in [7, 11) is 0. The fourth-order valence-corrected chi connectivity index (χ4v) is 1.25. The highest BCUT2D eigenvalue weighted by atomic mass is 16.5. The van der Waals surface area contributed by atoms with E-state index in [0.29, 0.717) is 0 Å². The van der Waals surface area contributed by atoms with Gasteiger partial charge in [-0.25, -0.2) is 9.67 Å². The molecular weight excluding hydrogens is 180 g/mol. The number of hydrogen-bond acceptors (Lipinski definition) is 4. The van der Waals surface area contributed by atoms with Gasteiger partial charge in [-0.2, -0.15) is 5.10 Å². The van der Waals surface area contributed by atoms with Gasteiger partial charge in [-0.15, -0.1) is 0 Å². The highest BCUT2D eigenvalue weighted by Crippen LogP contribution is 2.26. The molecule has 14 heavy (non-hydrogen) atoms. The van der Waals surface area contributed by atoms with Gasteiger partial charge >= 0.3 is 0 Å². The Morgan fingerprint density at radius 3 is 2.71 bits per heavy atom. The molecule has 5 nitrogen and oxygen atoms in total. The first-order valence-electron chi connectivity index (χ1n) is 4.39. The van der Waals surface area contributed by atoms with Crippen LogP contribution in [0.15, 0.2) is 23.4 Å². The lowest BCUT2D eigenvalue weighted by Gasteiger charge is -2.15. The number of aromatic nitrogens is 4. The molecule has 0 radical (unpaired) electrons. The molecule has 0 aromatic carbocycles. The van der Waals surface area contributed by atoms with E-state index in [9.17, 15) is 0 Å². The maximum absolute atomic E-state index is 4.96. The number of nitrogens with zero attached hydrogens (tertiary/aromatic N) is 4. The molecule has 0 saturated heterocycles. The molecule has 0 unspecified atom stereocenters. The Kier molecular flexibility index (Phi) is 1.87. The van der Waals surface area contributed by atoms with Crippen LogP contribution >= 0.6 is 0 Å². The lowest BCUT2D eigenvalue weighted by atomic mass is 9.91. The van der Waals surface area contributed by atoms with Gasteiger partial charge < -0.3 is 4.52 Å². The Hall–Kier alpha value is -1.65. The fourth-order valence-electron chi connectivity index (χ4n) is 1.25. The first-order valence-corrected chi connectivity index (χ1v) is 4.39. The maximum Gasteiger partial charge on any atom is 0.149 e. The Bertz CT molecular complexity index is 410. The van der Waals surface area contributed by atoms with Gasteiger partial charge in [0, 0.05) is 5.41 Å². The Balaban J connectivity index is 2.51. The summed E-state index contributed by atoms with van der Waals surface area (Å²) in [6.07, 6.45) is 4.69.